The first kappa shape index (κ1) is 10.6. The van der Waals surface area contributed by atoms with Crippen molar-refractivity contribution in [3.8, 4) is 0 Å². The van der Waals surface area contributed by atoms with Gasteiger partial charge in [-0.25, -0.2) is 4.79 Å². The second-order valence-corrected chi connectivity index (χ2v) is 4.03. The Kier molecular flexibility index (Phi) is 2.60. The molecule has 3 nitrogen and oxygen atoms in total. The van der Waals surface area contributed by atoms with Gasteiger partial charge in [0, 0.05) is 17.2 Å². The molecule has 0 saturated carbocycles. The van der Waals surface area contributed by atoms with Crippen LogP contribution in [-0.4, -0.2) is 16.9 Å². The second kappa shape index (κ2) is 3.93. The third-order valence-electron chi connectivity index (χ3n) is 2.85. The van der Waals surface area contributed by atoms with Crippen LogP contribution in [0, 0.1) is 0 Å². The molecular weight excluding hydrogens is 204 g/mol. The van der Waals surface area contributed by atoms with Crippen molar-refractivity contribution in [1.82, 2.24) is 0 Å². The second-order valence-electron chi connectivity index (χ2n) is 4.03. The van der Waals surface area contributed by atoms with Gasteiger partial charge < -0.3 is 5.11 Å². The van der Waals surface area contributed by atoms with Crippen LogP contribution >= 0.6 is 0 Å². The summed E-state index contributed by atoms with van der Waals surface area (Å²) in [6.45, 7) is 2.00. The Morgan fingerprint density at radius 3 is 2.81 bits per heavy atom. The number of carboxylic acids is 1. The molecule has 0 saturated heterocycles. The molecule has 0 amide bonds. The van der Waals surface area contributed by atoms with Crippen molar-refractivity contribution in [3.05, 3.63) is 47.0 Å². The Morgan fingerprint density at radius 1 is 1.44 bits per heavy atom. The number of ketones is 1. The smallest absolute Gasteiger partial charge is 0.328 e. The number of benzene rings is 1. The molecule has 0 spiro atoms. The van der Waals surface area contributed by atoms with Crippen LogP contribution in [0.2, 0.25) is 0 Å². The summed E-state index contributed by atoms with van der Waals surface area (Å²) in [7, 11) is 0. The maximum Gasteiger partial charge on any atom is 0.328 e. The fraction of sp³-hybridized carbons (Fsp3) is 0.231. The highest BCUT2D eigenvalue weighted by atomic mass is 16.4. The Hall–Kier alpha value is -1.90. The van der Waals surface area contributed by atoms with E-state index in [2.05, 4.69) is 0 Å². The summed E-state index contributed by atoms with van der Waals surface area (Å²) in [5, 5.41) is 8.69. The number of rotatable bonds is 1. The van der Waals surface area contributed by atoms with Gasteiger partial charge >= 0.3 is 5.97 Å². The minimum absolute atomic E-state index is 0.156. The first-order chi connectivity index (χ1) is 7.59. The van der Waals surface area contributed by atoms with Crippen LogP contribution < -0.4 is 0 Å². The zero-order valence-corrected chi connectivity index (χ0v) is 8.93. The van der Waals surface area contributed by atoms with Crippen LogP contribution in [0.1, 0.15) is 35.2 Å². The molecule has 82 valence electrons. The molecule has 1 aliphatic rings. The van der Waals surface area contributed by atoms with Gasteiger partial charge in [-0.2, -0.15) is 0 Å². The quantitative estimate of drug-likeness (QED) is 0.733. The van der Waals surface area contributed by atoms with E-state index >= 15 is 0 Å². The lowest BCUT2D eigenvalue weighted by Crippen LogP contribution is -2.17. The van der Waals surface area contributed by atoms with E-state index in [0.29, 0.717) is 17.6 Å². The maximum atomic E-state index is 12.0. The monoisotopic (exact) mass is 216 g/mol. The Bertz CT molecular complexity index is 486. The van der Waals surface area contributed by atoms with E-state index in [0.717, 1.165) is 11.6 Å². The summed E-state index contributed by atoms with van der Waals surface area (Å²) in [5.74, 6) is -1.02. The predicted octanol–water partition coefficient (Wildman–Crippen LogP) is 2.39. The van der Waals surface area contributed by atoms with E-state index in [1.165, 1.54) is 0 Å². The first-order valence-electron chi connectivity index (χ1n) is 5.16. The molecule has 1 N–H and O–H groups in total. The van der Waals surface area contributed by atoms with Gasteiger partial charge in [-0.15, -0.1) is 0 Å². The molecule has 1 atom stereocenters. The average Bonchev–Trinajstić information content (AvgIpc) is 2.25. The Balaban J connectivity index is 2.50. The normalized spacial score (nSPS) is 21.9. The van der Waals surface area contributed by atoms with E-state index in [1.807, 2.05) is 19.1 Å². The van der Waals surface area contributed by atoms with Crippen molar-refractivity contribution >= 4 is 11.8 Å². The number of carbonyl (C=O) groups is 2. The van der Waals surface area contributed by atoms with Gasteiger partial charge in [0.25, 0.3) is 0 Å². The molecule has 0 aliphatic heterocycles. The number of hydrogen-bond acceptors (Lipinski definition) is 2. The summed E-state index contributed by atoms with van der Waals surface area (Å²) in [5.41, 5.74) is 2.03. The van der Waals surface area contributed by atoms with Crippen LogP contribution in [-0.2, 0) is 4.79 Å². The van der Waals surface area contributed by atoms with E-state index < -0.39 is 5.97 Å². The standard InChI is InChI=1S/C13H12O3/c1-8-6-9(7-12(14)15)13(16)11-5-3-2-4-10(8)11/h2-5,7-8H,6H2,1H3,(H,14,15)/b9-7+. The molecule has 1 aromatic carbocycles. The van der Waals surface area contributed by atoms with Crippen molar-refractivity contribution in [2.75, 3.05) is 0 Å². The zero-order valence-electron chi connectivity index (χ0n) is 8.93. The van der Waals surface area contributed by atoms with E-state index in [4.69, 9.17) is 5.11 Å². The maximum absolute atomic E-state index is 12.0. The average molecular weight is 216 g/mol. The molecule has 3 heteroatoms. The molecule has 0 radical (unpaired) electrons. The highest BCUT2D eigenvalue weighted by molar-refractivity contribution is 6.13. The lowest BCUT2D eigenvalue weighted by molar-refractivity contribution is -0.131. The molecule has 0 bridgehead atoms. The SMILES string of the molecule is CC1C/C(=C\C(=O)O)C(=O)c2ccccc21. The number of hydrogen-bond donors (Lipinski definition) is 1. The van der Waals surface area contributed by atoms with Gasteiger partial charge in [-0.1, -0.05) is 31.2 Å². The topological polar surface area (TPSA) is 54.4 Å². The van der Waals surface area contributed by atoms with Crippen molar-refractivity contribution in [2.45, 2.75) is 19.3 Å². The van der Waals surface area contributed by atoms with Gasteiger partial charge in [0.2, 0.25) is 0 Å². The van der Waals surface area contributed by atoms with Crippen LogP contribution in [0.25, 0.3) is 0 Å². The fourth-order valence-corrected chi connectivity index (χ4v) is 2.11. The van der Waals surface area contributed by atoms with Crippen LogP contribution in [0.5, 0.6) is 0 Å². The highest BCUT2D eigenvalue weighted by Crippen LogP contribution is 2.33. The number of Topliss-reactive ketones (excluding diaryl/α,β-unsaturated/α-hetero) is 1. The van der Waals surface area contributed by atoms with E-state index in [-0.39, 0.29) is 11.7 Å². The molecule has 1 aromatic rings. The van der Waals surface area contributed by atoms with Gasteiger partial charge in [0.15, 0.2) is 5.78 Å². The lowest BCUT2D eigenvalue weighted by atomic mass is 9.80. The Labute approximate surface area is 93.4 Å². The van der Waals surface area contributed by atoms with Gasteiger partial charge in [-0.3, -0.25) is 4.79 Å². The number of carboxylic acid groups (broad SMARTS) is 1. The minimum atomic E-state index is -1.06. The number of fused-ring (bicyclic) bond motifs is 1. The summed E-state index contributed by atoms with van der Waals surface area (Å²) in [6.07, 6.45) is 1.52. The summed E-state index contributed by atoms with van der Waals surface area (Å²) in [6, 6.07) is 7.38. The predicted molar refractivity (Wildman–Crippen MR) is 59.5 cm³/mol. The summed E-state index contributed by atoms with van der Waals surface area (Å²) >= 11 is 0. The zero-order chi connectivity index (χ0) is 11.7. The first-order valence-corrected chi connectivity index (χ1v) is 5.16. The molecule has 0 fully saturated rings. The lowest BCUT2D eigenvalue weighted by Gasteiger charge is -2.22. The number of aliphatic carboxylic acids is 1. The number of allylic oxidation sites excluding steroid dienone is 1. The van der Waals surface area contributed by atoms with E-state index in [9.17, 15) is 9.59 Å². The van der Waals surface area contributed by atoms with Crippen molar-refractivity contribution in [1.29, 1.82) is 0 Å². The van der Waals surface area contributed by atoms with Gasteiger partial charge in [0.05, 0.1) is 0 Å². The Morgan fingerprint density at radius 2 is 2.12 bits per heavy atom. The minimum Gasteiger partial charge on any atom is -0.478 e. The largest absolute Gasteiger partial charge is 0.478 e. The molecular formula is C13H12O3. The third-order valence-corrected chi connectivity index (χ3v) is 2.85. The van der Waals surface area contributed by atoms with Crippen molar-refractivity contribution in [3.63, 3.8) is 0 Å². The van der Waals surface area contributed by atoms with Gasteiger partial charge in [0.1, 0.15) is 0 Å². The van der Waals surface area contributed by atoms with Crippen LogP contribution in [0.4, 0.5) is 0 Å². The highest BCUT2D eigenvalue weighted by Gasteiger charge is 2.26. The van der Waals surface area contributed by atoms with E-state index in [1.54, 1.807) is 12.1 Å². The van der Waals surface area contributed by atoms with Crippen LogP contribution in [0.15, 0.2) is 35.9 Å². The molecule has 0 aromatic heterocycles. The molecule has 16 heavy (non-hydrogen) atoms. The van der Waals surface area contributed by atoms with Crippen molar-refractivity contribution < 1.29 is 14.7 Å². The molecule has 1 unspecified atom stereocenters. The fourth-order valence-electron chi connectivity index (χ4n) is 2.11. The van der Waals surface area contributed by atoms with Gasteiger partial charge in [-0.05, 0) is 17.9 Å². The number of carbonyl (C=O) groups excluding carboxylic acids is 1. The van der Waals surface area contributed by atoms with Crippen LogP contribution in [0.3, 0.4) is 0 Å². The molecule has 2 rings (SSSR count). The summed E-state index contributed by atoms with van der Waals surface area (Å²) in [4.78, 5) is 22.6. The third kappa shape index (κ3) is 1.76. The molecule has 0 heterocycles. The summed E-state index contributed by atoms with van der Waals surface area (Å²) < 4.78 is 0. The van der Waals surface area contributed by atoms with Crippen molar-refractivity contribution in [2.24, 2.45) is 0 Å². The molecule has 1 aliphatic carbocycles.